The van der Waals surface area contributed by atoms with Gasteiger partial charge in [-0.2, -0.15) is 0 Å². The Balaban J connectivity index is 1.98. The average molecular weight is 563 g/mol. The van der Waals surface area contributed by atoms with E-state index in [1.165, 1.54) is 4.68 Å². The Kier molecular flexibility index (Phi) is 11.4. The molecule has 0 fully saturated rings. The predicted octanol–water partition coefficient (Wildman–Crippen LogP) is 4.44. The van der Waals surface area contributed by atoms with Gasteiger partial charge < -0.3 is 21.3 Å². The highest BCUT2D eigenvalue weighted by atomic mass is 16.1. The first-order chi connectivity index (χ1) is 19.8. The molecule has 3 aromatic rings. The normalized spacial score (nSPS) is 11.4. The van der Waals surface area contributed by atoms with Gasteiger partial charge in [-0.1, -0.05) is 0 Å². The number of rotatable bonds is 16. The highest BCUT2D eigenvalue weighted by molar-refractivity contribution is 5.73. The van der Waals surface area contributed by atoms with Crippen LogP contribution >= 0.6 is 0 Å². The maximum absolute atomic E-state index is 11.7. The van der Waals surface area contributed by atoms with E-state index in [9.17, 15) is 9.59 Å². The lowest BCUT2D eigenvalue weighted by molar-refractivity contribution is -0.671. The molecule has 0 aliphatic heterocycles. The summed E-state index contributed by atoms with van der Waals surface area (Å²) in [6.07, 6.45) is 0.0519. The number of anilines is 2. The molecule has 2 aromatic carbocycles. The zero-order chi connectivity index (χ0) is 29.8. The number of hydrogen-bond donors (Lipinski definition) is 2. The van der Waals surface area contributed by atoms with Gasteiger partial charge in [0.05, 0.1) is 37.3 Å². The highest BCUT2D eigenvalue weighted by Crippen LogP contribution is 2.24. The van der Waals surface area contributed by atoms with E-state index in [-0.39, 0.29) is 37.8 Å². The van der Waals surface area contributed by atoms with Crippen molar-refractivity contribution in [2.75, 3.05) is 36.0 Å². The summed E-state index contributed by atoms with van der Waals surface area (Å²) >= 11 is 0. The van der Waals surface area contributed by atoms with E-state index in [0.717, 1.165) is 37.6 Å². The fourth-order valence-corrected chi connectivity index (χ4v) is 4.25. The second kappa shape index (κ2) is 15.2. The van der Waals surface area contributed by atoms with Crippen LogP contribution in [0, 0.1) is 0 Å². The van der Waals surface area contributed by atoms with Crippen LogP contribution in [0.3, 0.4) is 0 Å². The minimum atomic E-state index is -0.493. The molecule has 2 amide bonds. The van der Waals surface area contributed by atoms with Gasteiger partial charge >= 0.3 is 11.9 Å². The van der Waals surface area contributed by atoms with Gasteiger partial charge in [-0.15, -0.1) is 14.9 Å². The van der Waals surface area contributed by atoms with Crippen LogP contribution in [0.25, 0.3) is 0 Å². The Morgan fingerprint density at radius 1 is 0.732 bits per heavy atom. The topological polar surface area (TPSA) is 164 Å². The second-order valence-corrected chi connectivity index (χ2v) is 9.18. The summed E-state index contributed by atoms with van der Waals surface area (Å²) in [5, 5.41) is 22.0. The number of carbonyl (C=O) groups excluding carboxylic acids is 2. The van der Waals surface area contributed by atoms with Crippen molar-refractivity contribution in [3.63, 3.8) is 0 Å². The van der Waals surface area contributed by atoms with E-state index in [1.807, 2.05) is 48.5 Å². The number of amides is 2. The first-order valence-electron chi connectivity index (χ1n) is 13.9. The maximum Gasteiger partial charge on any atom is 0.404 e. The number of aromatic nitrogens is 3. The molecule has 0 aliphatic carbocycles. The van der Waals surface area contributed by atoms with Crippen molar-refractivity contribution in [3.05, 3.63) is 48.5 Å². The van der Waals surface area contributed by atoms with Crippen LogP contribution < -0.4 is 25.8 Å². The lowest BCUT2D eigenvalue weighted by atomic mass is 10.2. The molecule has 0 atom stereocenters. The zero-order valence-electron chi connectivity index (χ0n) is 24.3. The molecule has 41 heavy (non-hydrogen) atoms. The summed E-state index contributed by atoms with van der Waals surface area (Å²) in [6, 6.07) is 15.4. The third-order valence-electron chi connectivity index (χ3n) is 6.54. The SMILES string of the molecule is CCN(CC)c1ccc(N=Nc2nn(CCC(N)=O)c(N=Nc3ccc(N(CC)CC)cc3)[n+]2CCC(N)=O)cc1. The molecular formula is C28H40N11O2+. The summed E-state index contributed by atoms with van der Waals surface area (Å²) in [4.78, 5) is 27.7. The monoisotopic (exact) mass is 562 g/mol. The van der Waals surface area contributed by atoms with Gasteiger partial charge in [-0.3, -0.25) is 9.59 Å². The third-order valence-corrected chi connectivity index (χ3v) is 6.54. The Labute approximate surface area is 240 Å². The van der Waals surface area contributed by atoms with Crippen molar-refractivity contribution >= 4 is 46.5 Å². The van der Waals surface area contributed by atoms with Crippen molar-refractivity contribution in [1.29, 1.82) is 0 Å². The van der Waals surface area contributed by atoms with Crippen LogP contribution in [0.4, 0.5) is 34.6 Å². The molecule has 0 bridgehead atoms. The van der Waals surface area contributed by atoms with Crippen molar-refractivity contribution in [1.82, 2.24) is 9.78 Å². The van der Waals surface area contributed by atoms with E-state index in [1.54, 1.807) is 4.57 Å². The molecule has 0 spiro atoms. The third kappa shape index (κ3) is 8.65. The Morgan fingerprint density at radius 3 is 1.63 bits per heavy atom. The molecule has 13 heteroatoms. The van der Waals surface area contributed by atoms with Gasteiger partial charge in [0.15, 0.2) is 0 Å². The number of carbonyl (C=O) groups is 2. The Morgan fingerprint density at radius 2 is 1.20 bits per heavy atom. The molecule has 0 saturated carbocycles. The maximum atomic E-state index is 11.7. The van der Waals surface area contributed by atoms with Crippen molar-refractivity contribution in [2.24, 2.45) is 31.9 Å². The quantitative estimate of drug-likeness (QED) is 0.194. The molecule has 0 radical (unpaired) electrons. The van der Waals surface area contributed by atoms with E-state index in [2.05, 4.69) is 63.1 Å². The smallest absolute Gasteiger partial charge is 0.372 e. The summed E-state index contributed by atoms with van der Waals surface area (Å²) in [5.74, 6) is -0.511. The van der Waals surface area contributed by atoms with Gasteiger partial charge in [-0.05, 0) is 86.5 Å². The van der Waals surface area contributed by atoms with Gasteiger partial charge in [-0.25, -0.2) is 4.57 Å². The molecular weight excluding hydrogens is 522 g/mol. The highest BCUT2D eigenvalue weighted by Gasteiger charge is 2.26. The molecule has 0 aliphatic rings. The van der Waals surface area contributed by atoms with E-state index in [4.69, 9.17) is 11.5 Å². The van der Waals surface area contributed by atoms with Crippen LogP contribution in [-0.4, -0.2) is 47.8 Å². The number of azo groups is 2. The van der Waals surface area contributed by atoms with E-state index >= 15 is 0 Å². The summed E-state index contributed by atoms with van der Waals surface area (Å²) < 4.78 is 3.09. The number of nitrogens with zero attached hydrogens (tertiary/aromatic N) is 9. The molecule has 218 valence electrons. The van der Waals surface area contributed by atoms with Gasteiger partial charge in [0.2, 0.25) is 11.8 Å². The molecule has 1 aromatic heterocycles. The summed E-state index contributed by atoms with van der Waals surface area (Å²) in [6.45, 7) is 12.3. The minimum Gasteiger partial charge on any atom is -0.372 e. The van der Waals surface area contributed by atoms with Crippen molar-refractivity contribution < 1.29 is 14.2 Å². The van der Waals surface area contributed by atoms with Gasteiger partial charge in [0, 0.05) is 42.7 Å². The van der Waals surface area contributed by atoms with Crippen LogP contribution in [0.1, 0.15) is 40.5 Å². The van der Waals surface area contributed by atoms with E-state index < -0.39 is 11.8 Å². The fraction of sp³-hybridized carbons (Fsp3) is 0.429. The Hall–Kier alpha value is -4.68. The van der Waals surface area contributed by atoms with Crippen LogP contribution in [0.15, 0.2) is 69.0 Å². The molecule has 0 saturated heterocycles. The van der Waals surface area contributed by atoms with Crippen molar-refractivity contribution in [3.8, 4) is 0 Å². The summed E-state index contributed by atoms with van der Waals surface area (Å²) in [7, 11) is 0. The second-order valence-electron chi connectivity index (χ2n) is 9.18. The van der Waals surface area contributed by atoms with Crippen LogP contribution in [0.2, 0.25) is 0 Å². The number of hydrogen-bond acceptors (Lipinski definition) is 9. The lowest BCUT2D eigenvalue weighted by Gasteiger charge is -2.20. The predicted molar refractivity (Wildman–Crippen MR) is 158 cm³/mol. The van der Waals surface area contributed by atoms with E-state index in [0.29, 0.717) is 11.4 Å². The van der Waals surface area contributed by atoms with Gasteiger partial charge in [0.1, 0.15) is 0 Å². The van der Waals surface area contributed by atoms with Crippen LogP contribution in [0.5, 0.6) is 0 Å². The molecule has 1 heterocycles. The number of primary amides is 2. The number of benzene rings is 2. The number of aryl methyl sites for hydroxylation is 1. The average Bonchev–Trinajstić information content (AvgIpc) is 3.31. The first-order valence-corrected chi connectivity index (χ1v) is 13.9. The molecule has 4 N–H and O–H groups in total. The molecule has 3 rings (SSSR count). The fourth-order valence-electron chi connectivity index (χ4n) is 4.25. The zero-order valence-corrected chi connectivity index (χ0v) is 24.3. The molecule has 13 nitrogen and oxygen atoms in total. The largest absolute Gasteiger partial charge is 0.404 e. The first kappa shape index (κ1) is 30.9. The lowest BCUT2D eigenvalue weighted by Crippen LogP contribution is -2.35. The molecule has 0 unspecified atom stereocenters. The summed E-state index contributed by atoms with van der Waals surface area (Å²) in [5.41, 5.74) is 14.3. The Bertz CT molecular complexity index is 1340. The standard InChI is InChI=1S/C28H39N11O2/c1-5-36(6-2)23-13-9-21(10-14-23)31-33-27-35-39(20-18-26(30)41)28(38(27)19-17-25(29)40)34-32-22-11-15-24(16-12-22)37(7-3)8-4/h9-16H,5-8,17-20H2,1-4H3,(H3-,29,30,40,41)/p+1. The minimum absolute atomic E-state index is 0.0222. The van der Waals surface area contributed by atoms with Gasteiger partial charge in [0.25, 0.3) is 0 Å². The van der Waals surface area contributed by atoms with Crippen molar-refractivity contribution in [2.45, 2.75) is 53.6 Å². The number of nitrogens with two attached hydrogens (primary N) is 2. The van der Waals surface area contributed by atoms with Crippen LogP contribution in [-0.2, 0) is 22.7 Å².